The molecule has 0 aliphatic rings. The third-order valence-electron chi connectivity index (χ3n) is 4.26. The summed E-state index contributed by atoms with van der Waals surface area (Å²) in [6.07, 6.45) is 1.12. The Kier molecular flexibility index (Phi) is 7.69. The fourth-order valence-electron chi connectivity index (χ4n) is 2.96. The molecule has 0 aliphatic heterocycles. The summed E-state index contributed by atoms with van der Waals surface area (Å²) in [6.45, 7) is 0. The zero-order valence-corrected chi connectivity index (χ0v) is 17.7. The molecular formula is C26H22Zr. The Morgan fingerprint density at radius 1 is 0.630 bits per heavy atom. The first-order valence-corrected chi connectivity index (χ1v) is 10.5. The van der Waals surface area contributed by atoms with Crippen LogP contribution in [0.1, 0.15) is 5.56 Å². The quantitative estimate of drug-likeness (QED) is 0.276. The van der Waals surface area contributed by atoms with Crippen LogP contribution in [0.3, 0.4) is 0 Å². The third kappa shape index (κ3) is 5.81. The molecule has 27 heavy (non-hydrogen) atoms. The van der Waals surface area contributed by atoms with Crippen molar-refractivity contribution in [2.24, 2.45) is 0 Å². The van der Waals surface area contributed by atoms with E-state index in [1.54, 1.807) is 0 Å². The molecule has 5 rings (SSSR count). The summed E-state index contributed by atoms with van der Waals surface area (Å²) >= 11 is 1.51. The number of rotatable bonds is 2. The standard InChI is InChI=1S/C13H9.C8H8.C5H5.Zr/c1-3-7-12-10(5-1)9-11-6-2-4-8-13(11)12;1-2-8-6-4-3-5-7-8;1-2-4-5-3-1;/h1-9H;1,3-7H,2H2;1-5H;/q-1;;-1;+2. The minimum absolute atomic E-state index is 1.12. The van der Waals surface area contributed by atoms with Crippen molar-refractivity contribution in [1.82, 2.24) is 0 Å². The summed E-state index contributed by atoms with van der Waals surface area (Å²) in [5, 5.41) is 5.39. The summed E-state index contributed by atoms with van der Waals surface area (Å²) in [5.74, 6) is 0. The largest absolute Gasteiger partial charge is 0.214 e. The average Bonchev–Trinajstić information content (AvgIpc) is 3.41. The van der Waals surface area contributed by atoms with Crippen LogP contribution in [0.2, 0.25) is 0 Å². The van der Waals surface area contributed by atoms with Crippen molar-refractivity contribution in [2.75, 3.05) is 0 Å². The zero-order valence-electron chi connectivity index (χ0n) is 15.3. The van der Waals surface area contributed by atoms with Crippen LogP contribution in [0.4, 0.5) is 0 Å². The van der Waals surface area contributed by atoms with E-state index in [4.69, 9.17) is 0 Å². The maximum atomic E-state index is 2.25. The molecule has 0 amide bonds. The molecule has 0 saturated heterocycles. The van der Waals surface area contributed by atoms with Gasteiger partial charge in [-0.2, -0.15) is 18.2 Å². The van der Waals surface area contributed by atoms with Crippen molar-refractivity contribution >= 4 is 25.3 Å². The van der Waals surface area contributed by atoms with Crippen molar-refractivity contribution in [2.45, 2.75) is 6.42 Å². The Balaban J connectivity index is 0.000000130. The molecule has 0 aliphatic carbocycles. The second kappa shape index (κ2) is 10.7. The minimum atomic E-state index is 1.12. The molecule has 0 radical (unpaired) electrons. The molecule has 0 atom stereocenters. The molecule has 0 fully saturated rings. The number of hydrogen-bond acceptors (Lipinski definition) is 0. The van der Waals surface area contributed by atoms with E-state index >= 15 is 0 Å². The topological polar surface area (TPSA) is 0 Å². The molecule has 1 heteroatoms. The fraction of sp³-hybridized carbons (Fsp3) is 0.0385. The summed E-state index contributed by atoms with van der Waals surface area (Å²) in [6, 6.07) is 39.8. The molecule has 130 valence electrons. The smallest absolute Gasteiger partial charge is 0.0771 e. The second-order valence-electron chi connectivity index (χ2n) is 6.17. The van der Waals surface area contributed by atoms with E-state index in [9.17, 15) is 0 Å². The van der Waals surface area contributed by atoms with Gasteiger partial charge in [0.15, 0.2) is 0 Å². The first-order chi connectivity index (χ1) is 13.4. The first kappa shape index (κ1) is 19.4. The van der Waals surface area contributed by atoms with Crippen molar-refractivity contribution in [3.05, 3.63) is 121 Å². The van der Waals surface area contributed by atoms with Crippen molar-refractivity contribution in [1.29, 1.82) is 0 Å². The molecule has 0 nitrogen and oxygen atoms in total. The van der Waals surface area contributed by atoms with Gasteiger partial charge in [-0.15, -0.1) is 39.7 Å². The van der Waals surface area contributed by atoms with Crippen LogP contribution in [-0.2, 0) is 30.7 Å². The Morgan fingerprint density at radius 2 is 1.15 bits per heavy atom. The molecule has 0 unspecified atom stereocenters. The SMILES string of the molecule is [Zr+2]=[CH]Cc1ccccc1.c1cc[cH-]c1.c1ccc2c(c1)[cH-]c1ccccc12. The Bertz CT molecular complexity index is 986. The van der Waals surface area contributed by atoms with Crippen LogP contribution in [-0.4, -0.2) is 3.71 Å². The summed E-state index contributed by atoms with van der Waals surface area (Å²) in [4.78, 5) is 0. The Labute approximate surface area is 176 Å². The number of hydrogen-bond donors (Lipinski definition) is 0. The number of benzene rings is 3. The third-order valence-corrected chi connectivity index (χ3v) is 4.76. The van der Waals surface area contributed by atoms with Gasteiger partial charge in [-0.25, -0.2) is 12.1 Å². The monoisotopic (exact) mass is 424 g/mol. The summed E-state index contributed by atoms with van der Waals surface area (Å²) in [5.41, 5.74) is 1.41. The normalized spacial score (nSPS) is 9.85. The number of fused-ring (bicyclic) bond motifs is 3. The van der Waals surface area contributed by atoms with Gasteiger partial charge in [0.25, 0.3) is 0 Å². The van der Waals surface area contributed by atoms with Crippen molar-refractivity contribution < 1.29 is 24.2 Å². The Morgan fingerprint density at radius 3 is 1.63 bits per heavy atom. The molecule has 0 N–H and O–H groups in total. The predicted molar refractivity (Wildman–Crippen MR) is 115 cm³/mol. The average molecular weight is 426 g/mol. The van der Waals surface area contributed by atoms with Gasteiger partial charge in [0.2, 0.25) is 0 Å². The van der Waals surface area contributed by atoms with Gasteiger partial charge >= 0.3 is 70.3 Å². The van der Waals surface area contributed by atoms with Gasteiger partial charge < -0.3 is 0 Å². The van der Waals surface area contributed by atoms with Gasteiger partial charge in [-0.05, 0) is 0 Å². The first-order valence-electron chi connectivity index (χ1n) is 9.11. The van der Waals surface area contributed by atoms with Crippen LogP contribution in [0.5, 0.6) is 0 Å². The van der Waals surface area contributed by atoms with Crippen LogP contribution in [0.25, 0.3) is 21.5 Å². The van der Waals surface area contributed by atoms with E-state index in [2.05, 4.69) is 82.6 Å². The van der Waals surface area contributed by atoms with Gasteiger partial charge in [-0.3, -0.25) is 0 Å². The van der Waals surface area contributed by atoms with Gasteiger partial charge in [-0.1, -0.05) is 36.4 Å². The summed E-state index contributed by atoms with van der Waals surface area (Å²) in [7, 11) is 0. The molecule has 0 saturated carbocycles. The van der Waals surface area contributed by atoms with E-state index < -0.39 is 0 Å². The van der Waals surface area contributed by atoms with E-state index in [0.29, 0.717) is 0 Å². The molecule has 5 aromatic rings. The molecule has 0 aromatic heterocycles. The van der Waals surface area contributed by atoms with Gasteiger partial charge in [0.05, 0.1) is 0 Å². The minimum Gasteiger partial charge on any atom is -0.214 e. The Hall–Kier alpha value is -2.37. The predicted octanol–water partition coefficient (Wildman–Crippen LogP) is 6.70. The van der Waals surface area contributed by atoms with Crippen LogP contribution in [0.15, 0.2) is 115 Å². The molecule has 0 spiro atoms. The van der Waals surface area contributed by atoms with Crippen LogP contribution >= 0.6 is 0 Å². The molecule has 5 aromatic carbocycles. The van der Waals surface area contributed by atoms with E-state index in [0.717, 1.165) is 6.42 Å². The van der Waals surface area contributed by atoms with Gasteiger partial charge in [0.1, 0.15) is 0 Å². The molecule has 0 heterocycles. The van der Waals surface area contributed by atoms with E-state index in [1.807, 2.05) is 36.4 Å². The van der Waals surface area contributed by atoms with E-state index in [-0.39, 0.29) is 0 Å². The molecule has 0 bridgehead atoms. The van der Waals surface area contributed by atoms with Crippen molar-refractivity contribution in [3.63, 3.8) is 0 Å². The van der Waals surface area contributed by atoms with Crippen LogP contribution < -0.4 is 0 Å². The van der Waals surface area contributed by atoms with E-state index in [1.165, 1.54) is 51.3 Å². The maximum absolute atomic E-state index is 2.25. The van der Waals surface area contributed by atoms with Gasteiger partial charge in [0, 0.05) is 0 Å². The second-order valence-corrected chi connectivity index (χ2v) is 7.18. The summed E-state index contributed by atoms with van der Waals surface area (Å²) < 4.78 is 2.25. The zero-order chi connectivity index (χ0) is 18.7. The van der Waals surface area contributed by atoms with Crippen molar-refractivity contribution in [3.8, 4) is 0 Å². The van der Waals surface area contributed by atoms with Crippen LogP contribution in [0, 0.1) is 0 Å². The maximum Gasteiger partial charge on any atom is -0.0771 e. The molecular weight excluding hydrogens is 404 g/mol. The fourth-order valence-corrected chi connectivity index (χ4v) is 3.54.